The van der Waals surface area contributed by atoms with E-state index in [9.17, 15) is 0 Å². The van der Waals surface area contributed by atoms with Gasteiger partial charge in [0.1, 0.15) is 6.73 Å². The maximum Gasteiger partial charge on any atom is 0.123 e. The second kappa shape index (κ2) is 6.57. The second-order valence-corrected chi connectivity index (χ2v) is 5.14. The lowest BCUT2D eigenvalue weighted by Gasteiger charge is -2.10. The van der Waals surface area contributed by atoms with Gasteiger partial charge in [-0.25, -0.2) is 0 Å². The topological polar surface area (TPSA) is 40.2 Å². The molecule has 0 atom stereocenters. The maximum atomic E-state index is 5.84. The van der Waals surface area contributed by atoms with E-state index in [0.717, 1.165) is 6.42 Å². The molecular formula is C18H20N2O. The first kappa shape index (κ1) is 13.9. The molecule has 1 heterocycles. The van der Waals surface area contributed by atoms with Gasteiger partial charge in [0.15, 0.2) is 0 Å². The van der Waals surface area contributed by atoms with Crippen LogP contribution in [0.5, 0.6) is 0 Å². The summed E-state index contributed by atoms with van der Waals surface area (Å²) in [4.78, 5) is 0. The summed E-state index contributed by atoms with van der Waals surface area (Å²) < 4.78 is 7.99. The lowest BCUT2D eigenvalue weighted by Crippen LogP contribution is -2.06. The van der Waals surface area contributed by atoms with Gasteiger partial charge in [0.25, 0.3) is 0 Å². The molecule has 0 aliphatic heterocycles. The van der Waals surface area contributed by atoms with Crippen LogP contribution in [0.15, 0.2) is 60.8 Å². The van der Waals surface area contributed by atoms with Gasteiger partial charge in [-0.05, 0) is 35.5 Å². The maximum absolute atomic E-state index is 5.84. The fourth-order valence-corrected chi connectivity index (χ4v) is 2.64. The zero-order valence-corrected chi connectivity index (χ0v) is 12.0. The predicted octanol–water partition coefficient (Wildman–Crippen LogP) is 3.32. The second-order valence-electron chi connectivity index (χ2n) is 5.14. The van der Waals surface area contributed by atoms with Gasteiger partial charge in [-0.3, -0.25) is 0 Å². The highest BCUT2D eigenvalue weighted by Crippen LogP contribution is 2.21. The summed E-state index contributed by atoms with van der Waals surface area (Å²) in [6.07, 6.45) is 2.97. The van der Waals surface area contributed by atoms with Crippen LogP contribution in [0.25, 0.3) is 10.9 Å². The molecular weight excluding hydrogens is 260 g/mol. The number of nitrogens with zero attached hydrogens (tertiary/aromatic N) is 1. The van der Waals surface area contributed by atoms with Crippen molar-refractivity contribution >= 4 is 10.9 Å². The van der Waals surface area contributed by atoms with E-state index in [1.54, 1.807) is 0 Å². The van der Waals surface area contributed by atoms with Crippen molar-refractivity contribution in [1.29, 1.82) is 0 Å². The summed E-state index contributed by atoms with van der Waals surface area (Å²) in [5, 5.41) is 1.24. The lowest BCUT2D eigenvalue weighted by atomic mass is 10.1. The van der Waals surface area contributed by atoms with Crippen molar-refractivity contribution in [3.8, 4) is 0 Å². The smallest absolute Gasteiger partial charge is 0.123 e. The van der Waals surface area contributed by atoms with Gasteiger partial charge in [-0.2, -0.15) is 0 Å². The van der Waals surface area contributed by atoms with Crippen LogP contribution in [-0.2, 0) is 24.5 Å². The fraction of sp³-hybridized carbons (Fsp3) is 0.222. The first-order valence-electron chi connectivity index (χ1n) is 7.27. The van der Waals surface area contributed by atoms with Crippen molar-refractivity contribution in [2.24, 2.45) is 5.73 Å². The standard InChI is InChI=1S/C18H20N2O/c19-11-9-16-7-4-8-17-10-12-20(18(16)17)14-21-13-15-5-2-1-3-6-15/h1-8,10,12H,9,11,13-14,19H2. The normalized spacial score (nSPS) is 11.1. The molecule has 2 N–H and O–H groups in total. The molecule has 3 heteroatoms. The Morgan fingerprint density at radius 1 is 0.952 bits per heavy atom. The summed E-state index contributed by atoms with van der Waals surface area (Å²) in [7, 11) is 0. The van der Waals surface area contributed by atoms with Crippen molar-refractivity contribution in [3.05, 3.63) is 71.9 Å². The molecule has 0 aliphatic rings. The minimum absolute atomic E-state index is 0.556. The first-order valence-corrected chi connectivity index (χ1v) is 7.27. The molecule has 0 unspecified atom stereocenters. The van der Waals surface area contributed by atoms with Crippen molar-refractivity contribution in [1.82, 2.24) is 4.57 Å². The Balaban J connectivity index is 1.75. The van der Waals surface area contributed by atoms with Crippen LogP contribution in [0.2, 0.25) is 0 Å². The number of ether oxygens (including phenoxy) is 1. The highest BCUT2D eigenvalue weighted by molar-refractivity contribution is 5.83. The van der Waals surface area contributed by atoms with Gasteiger partial charge in [0, 0.05) is 6.20 Å². The minimum Gasteiger partial charge on any atom is -0.356 e. The Kier molecular flexibility index (Phi) is 4.34. The number of rotatable bonds is 6. The first-order chi connectivity index (χ1) is 10.4. The van der Waals surface area contributed by atoms with Gasteiger partial charge in [-0.15, -0.1) is 0 Å². The molecule has 0 bridgehead atoms. The van der Waals surface area contributed by atoms with E-state index in [1.807, 2.05) is 18.2 Å². The monoisotopic (exact) mass is 280 g/mol. The average Bonchev–Trinajstić information content (AvgIpc) is 2.93. The number of fused-ring (bicyclic) bond motifs is 1. The molecule has 0 spiro atoms. The van der Waals surface area contributed by atoms with E-state index in [0.29, 0.717) is 19.9 Å². The molecule has 0 fully saturated rings. The summed E-state index contributed by atoms with van der Waals surface area (Å²) in [6.45, 7) is 1.84. The Morgan fingerprint density at radius 3 is 2.62 bits per heavy atom. The Morgan fingerprint density at radius 2 is 1.81 bits per heavy atom. The predicted molar refractivity (Wildman–Crippen MR) is 85.9 cm³/mol. The zero-order valence-electron chi connectivity index (χ0n) is 12.0. The van der Waals surface area contributed by atoms with Gasteiger partial charge in [0.2, 0.25) is 0 Å². The van der Waals surface area contributed by atoms with E-state index >= 15 is 0 Å². The number of aromatic nitrogens is 1. The van der Waals surface area contributed by atoms with Gasteiger partial charge >= 0.3 is 0 Å². The van der Waals surface area contributed by atoms with Crippen molar-refractivity contribution in [3.63, 3.8) is 0 Å². The third kappa shape index (κ3) is 3.15. The average molecular weight is 280 g/mol. The van der Waals surface area contributed by atoms with Gasteiger partial charge in [0.05, 0.1) is 12.1 Å². The molecule has 21 heavy (non-hydrogen) atoms. The zero-order chi connectivity index (χ0) is 14.5. The quantitative estimate of drug-likeness (QED) is 0.752. The largest absolute Gasteiger partial charge is 0.356 e. The Labute approximate surface area is 125 Å². The molecule has 1 aromatic heterocycles. The molecule has 0 saturated heterocycles. The van der Waals surface area contributed by atoms with Crippen molar-refractivity contribution < 1.29 is 4.74 Å². The molecule has 0 aliphatic carbocycles. The molecule has 3 nitrogen and oxygen atoms in total. The van der Waals surface area contributed by atoms with Crippen LogP contribution in [0.1, 0.15) is 11.1 Å². The van der Waals surface area contributed by atoms with E-state index in [2.05, 4.69) is 47.2 Å². The summed E-state index contributed by atoms with van der Waals surface area (Å²) in [6, 6.07) is 18.7. The fourth-order valence-electron chi connectivity index (χ4n) is 2.64. The molecule has 0 saturated carbocycles. The van der Waals surface area contributed by atoms with Crippen LogP contribution in [0, 0.1) is 0 Å². The van der Waals surface area contributed by atoms with Crippen LogP contribution in [0.3, 0.4) is 0 Å². The number of hydrogen-bond acceptors (Lipinski definition) is 2. The summed E-state index contributed by atoms with van der Waals surface area (Å²) in [5.41, 5.74) is 9.41. The van der Waals surface area contributed by atoms with Crippen LogP contribution < -0.4 is 5.73 Å². The van der Waals surface area contributed by atoms with Crippen molar-refractivity contribution in [2.45, 2.75) is 19.8 Å². The summed E-state index contributed by atoms with van der Waals surface area (Å²) >= 11 is 0. The van der Waals surface area contributed by atoms with E-state index in [1.165, 1.54) is 22.0 Å². The summed E-state index contributed by atoms with van der Waals surface area (Å²) in [5.74, 6) is 0. The number of para-hydroxylation sites is 1. The van der Waals surface area contributed by atoms with E-state index < -0.39 is 0 Å². The Bertz CT molecular complexity index is 704. The van der Waals surface area contributed by atoms with Crippen LogP contribution in [-0.4, -0.2) is 11.1 Å². The lowest BCUT2D eigenvalue weighted by molar-refractivity contribution is 0.0667. The van der Waals surface area contributed by atoms with Gasteiger partial charge in [-0.1, -0.05) is 48.5 Å². The highest BCUT2D eigenvalue weighted by Gasteiger charge is 2.06. The van der Waals surface area contributed by atoms with Crippen molar-refractivity contribution in [2.75, 3.05) is 6.54 Å². The van der Waals surface area contributed by atoms with Gasteiger partial charge < -0.3 is 15.0 Å². The number of benzene rings is 2. The molecule has 3 aromatic rings. The number of hydrogen-bond donors (Lipinski definition) is 1. The molecule has 0 radical (unpaired) electrons. The van der Waals surface area contributed by atoms with Crippen LogP contribution >= 0.6 is 0 Å². The number of nitrogens with two attached hydrogens (primary N) is 1. The SMILES string of the molecule is NCCc1cccc2ccn(COCc3ccccc3)c12. The molecule has 108 valence electrons. The third-order valence-electron chi connectivity index (χ3n) is 3.63. The molecule has 0 amide bonds. The van der Waals surface area contributed by atoms with Crippen LogP contribution in [0.4, 0.5) is 0 Å². The molecule has 2 aromatic carbocycles. The van der Waals surface area contributed by atoms with E-state index in [4.69, 9.17) is 10.5 Å². The Hall–Kier alpha value is -2.10. The van der Waals surface area contributed by atoms with E-state index in [-0.39, 0.29) is 0 Å². The minimum atomic E-state index is 0.556. The molecule has 3 rings (SSSR count). The highest BCUT2D eigenvalue weighted by atomic mass is 16.5. The third-order valence-corrected chi connectivity index (χ3v) is 3.63.